The van der Waals surface area contributed by atoms with Gasteiger partial charge in [-0.1, -0.05) is 13.8 Å². The number of imidazole rings is 1. The van der Waals surface area contributed by atoms with Crippen molar-refractivity contribution >= 4 is 5.65 Å². The van der Waals surface area contributed by atoms with Crippen LogP contribution >= 0.6 is 0 Å². The molecule has 22 heavy (non-hydrogen) atoms. The average Bonchev–Trinajstić information content (AvgIpc) is 3.03. The molecule has 0 fully saturated rings. The zero-order chi connectivity index (χ0) is 15.9. The molecule has 0 spiro atoms. The molecule has 0 amide bonds. The van der Waals surface area contributed by atoms with Gasteiger partial charge in [-0.2, -0.15) is 5.10 Å². The van der Waals surface area contributed by atoms with E-state index in [0.29, 0.717) is 5.92 Å². The number of nitrogens with one attached hydrogen (secondary N) is 1. The van der Waals surface area contributed by atoms with Crippen molar-refractivity contribution in [2.24, 2.45) is 0 Å². The van der Waals surface area contributed by atoms with Gasteiger partial charge in [0.25, 0.3) is 0 Å². The molecule has 0 aliphatic carbocycles. The molecule has 3 rings (SSSR count). The van der Waals surface area contributed by atoms with Gasteiger partial charge in [0, 0.05) is 11.8 Å². The highest BCUT2D eigenvalue weighted by Gasteiger charge is 2.20. The molecule has 0 aliphatic rings. The van der Waals surface area contributed by atoms with Crippen molar-refractivity contribution in [1.29, 1.82) is 0 Å². The molecule has 3 aromatic rings. The maximum absolute atomic E-state index is 4.85. The molecule has 0 aromatic carbocycles. The van der Waals surface area contributed by atoms with E-state index >= 15 is 0 Å². The summed E-state index contributed by atoms with van der Waals surface area (Å²) in [4.78, 5) is 8.18. The number of aryl methyl sites for hydroxylation is 3. The maximum atomic E-state index is 4.85. The van der Waals surface area contributed by atoms with E-state index in [0.717, 1.165) is 41.3 Å². The number of aromatic nitrogens is 4. The molecular formula is C18H24N4. The number of aromatic amines is 1. The summed E-state index contributed by atoms with van der Waals surface area (Å²) in [6, 6.07) is 4.29. The monoisotopic (exact) mass is 296 g/mol. The van der Waals surface area contributed by atoms with E-state index in [-0.39, 0.29) is 0 Å². The van der Waals surface area contributed by atoms with E-state index in [1.54, 1.807) is 0 Å². The zero-order valence-electron chi connectivity index (χ0n) is 14.1. The largest absolute Gasteiger partial charge is 0.360 e. The van der Waals surface area contributed by atoms with Crippen LogP contribution in [-0.4, -0.2) is 19.6 Å². The van der Waals surface area contributed by atoms with Gasteiger partial charge in [-0.3, -0.25) is 0 Å². The van der Waals surface area contributed by atoms with Crippen molar-refractivity contribution in [2.75, 3.05) is 0 Å². The SMILES string of the molecule is CCC(CC)c1cc(C)nn2c(-c3[nH]ccc3C)c(C)nc12. The zero-order valence-corrected chi connectivity index (χ0v) is 14.1. The Bertz CT molecular complexity index is 806. The summed E-state index contributed by atoms with van der Waals surface area (Å²) in [7, 11) is 0. The van der Waals surface area contributed by atoms with Crippen LogP contribution in [0.5, 0.6) is 0 Å². The molecule has 0 saturated heterocycles. The van der Waals surface area contributed by atoms with Crippen LogP contribution in [0.2, 0.25) is 0 Å². The van der Waals surface area contributed by atoms with E-state index in [2.05, 4.69) is 51.7 Å². The van der Waals surface area contributed by atoms with Gasteiger partial charge in [-0.15, -0.1) is 0 Å². The lowest BCUT2D eigenvalue weighted by atomic mass is 9.95. The Morgan fingerprint density at radius 3 is 2.50 bits per heavy atom. The third-order valence-electron chi connectivity index (χ3n) is 4.53. The van der Waals surface area contributed by atoms with Crippen LogP contribution in [0.15, 0.2) is 18.3 Å². The number of H-pyrrole nitrogens is 1. The molecule has 4 heteroatoms. The number of hydrogen-bond donors (Lipinski definition) is 1. The third-order valence-corrected chi connectivity index (χ3v) is 4.53. The summed E-state index contributed by atoms with van der Waals surface area (Å²) in [5.41, 5.74) is 7.79. The van der Waals surface area contributed by atoms with Gasteiger partial charge in [0.2, 0.25) is 0 Å². The lowest BCUT2D eigenvalue weighted by molar-refractivity contribution is 0.638. The van der Waals surface area contributed by atoms with Gasteiger partial charge in [-0.05, 0) is 57.2 Å². The summed E-state index contributed by atoms with van der Waals surface area (Å²) in [6.07, 6.45) is 4.22. The Kier molecular flexibility index (Phi) is 3.77. The lowest BCUT2D eigenvalue weighted by Crippen LogP contribution is -2.05. The fourth-order valence-electron chi connectivity index (χ4n) is 3.30. The van der Waals surface area contributed by atoms with Crippen molar-refractivity contribution in [3.05, 3.63) is 40.8 Å². The summed E-state index contributed by atoms with van der Waals surface area (Å²) < 4.78 is 2.02. The second-order valence-corrected chi connectivity index (χ2v) is 6.07. The van der Waals surface area contributed by atoms with Gasteiger partial charge in [0.05, 0.1) is 17.1 Å². The van der Waals surface area contributed by atoms with Gasteiger partial charge < -0.3 is 4.98 Å². The first kappa shape index (κ1) is 14.8. The van der Waals surface area contributed by atoms with E-state index in [1.807, 2.05) is 10.7 Å². The lowest BCUT2D eigenvalue weighted by Gasteiger charge is -2.14. The summed E-state index contributed by atoms with van der Waals surface area (Å²) >= 11 is 0. The fraction of sp³-hybridized carbons (Fsp3) is 0.444. The second kappa shape index (κ2) is 5.59. The van der Waals surface area contributed by atoms with Crippen molar-refractivity contribution < 1.29 is 0 Å². The molecule has 0 aliphatic heterocycles. The van der Waals surface area contributed by atoms with Crippen LogP contribution in [0.1, 0.15) is 55.1 Å². The number of rotatable bonds is 4. The third kappa shape index (κ3) is 2.23. The molecule has 0 unspecified atom stereocenters. The first-order chi connectivity index (χ1) is 10.6. The van der Waals surface area contributed by atoms with E-state index < -0.39 is 0 Å². The Hall–Kier alpha value is -2.10. The molecule has 0 atom stereocenters. The molecule has 3 heterocycles. The Morgan fingerprint density at radius 1 is 1.18 bits per heavy atom. The van der Waals surface area contributed by atoms with Gasteiger partial charge in [0.15, 0.2) is 5.65 Å². The quantitative estimate of drug-likeness (QED) is 0.767. The topological polar surface area (TPSA) is 46.0 Å². The Balaban J connectivity index is 2.33. The molecular weight excluding hydrogens is 272 g/mol. The second-order valence-electron chi connectivity index (χ2n) is 6.07. The molecule has 3 aromatic heterocycles. The van der Waals surface area contributed by atoms with Crippen molar-refractivity contribution in [2.45, 2.75) is 53.4 Å². The smallest absolute Gasteiger partial charge is 0.158 e. The van der Waals surface area contributed by atoms with Gasteiger partial charge in [0.1, 0.15) is 5.69 Å². The van der Waals surface area contributed by atoms with Crippen LogP contribution in [-0.2, 0) is 0 Å². The molecule has 0 saturated carbocycles. The highest BCUT2D eigenvalue weighted by Crippen LogP contribution is 2.31. The highest BCUT2D eigenvalue weighted by molar-refractivity contribution is 5.68. The number of fused-ring (bicyclic) bond motifs is 1. The van der Waals surface area contributed by atoms with Crippen LogP contribution in [0.3, 0.4) is 0 Å². The van der Waals surface area contributed by atoms with Crippen LogP contribution in [0.4, 0.5) is 0 Å². The van der Waals surface area contributed by atoms with Crippen molar-refractivity contribution in [3.63, 3.8) is 0 Å². The summed E-state index contributed by atoms with van der Waals surface area (Å²) in [5, 5.41) is 4.74. The van der Waals surface area contributed by atoms with E-state index in [4.69, 9.17) is 10.1 Å². The normalized spacial score (nSPS) is 11.7. The highest BCUT2D eigenvalue weighted by atomic mass is 15.3. The van der Waals surface area contributed by atoms with Crippen molar-refractivity contribution in [1.82, 2.24) is 19.6 Å². The van der Waals surface area contributed by atoms with Gasteiger partial charge in [-0.25, -0.2) is 9.50 Å². The molecule has 0 radical (unpaired) electrons. The number of hydrogen-bond acceptors (Lipinski definition) is 2. The first-order valence-electron chi connectivity index (χ1n) is 8.08. The van der Waals surface area contributed by atoms with E-state index in [1.165, 1.54) is 11.1 Å². The Morgan fingerprint density at radius 2 is 1.91 bits per heavy atom. The molecule has 1 N–H and O–H groups in total. The van der Waals surface area contributed by atoms with E-state index in [9.17, 15) is 0 Å². The van der Waals surface area contributed by atoms with Gasteiger partial charge >= 0.3 is 0 Å². The fourth-order valence-corrected chi connectivity index (χ4v) is 3.30. The minimum atomic E-state index is 0.531. The van der Waals surface area contributed by atoms with Crippen LogP contribution < -0.4 is 0 Å². The molecule has 116 valence electrons. The maximum Gasteiger partial charge on any atom is 0.158 e. The minimum absolute atomic E-state index is 0.531. The average molecular weight is 296 g/mol. The minimum Gasteiger partial charge on any atom is -0.360 e. The summed E-state index contributed by atoms with van der Waals surface area (Å²) in [6.45, 7) is 10.7. The molecule has 0 bridgehead atoms. The standard InChI is InChI=1S/C18H24N4/c1-6-14(7-2)15-10-12(4)21-22-17(13(5)20-18(15)22)16-11(3)8-9-19-16/h8-10,14,19H,6-7H2,1-5H3. The first-order valence-corrected chi connectivity index (χ1v) is 8.08. The van der Waals surface area contributed by atoms with Crippen LogP contribution in [0.25, 0.3) is 17.0 Å². The van der Waals surface area contributed by atoms with Crippen LogP contribution in [0, 0.1) is 20.8 Å². The Labute approximate surface area is 131 Å². The predicted octanol–water partition coefficient (Wildman–Crippen LogP) is 4.55. The molecule has 4 nitrogen and oxygen atoms in total. The number of nitrogens with zero attached hydrogens (tertiary/aromatic N) is 3. The predicted molar refractivity (Wildman–Crippen MR) is 90.3 cm³/mol. The van der Waals surface area contributed by atoms with Crippen molar-refractivity contribution in [3.8, 4) is 11.4 Å². The summed E-state index contributed by atoms with van der Waals surface area (Å²) in [5.74, 6) is 0.531.